The molecule has 0 atom stereocenters. The fourth-order valence-electron chi connectivity index (χ4n) is 3.90. The Hall–Kier alpha value is -2.89. The Bertz CT molecular complexity index is 1170. The molecule has 3 aromatic rings. The molecule has 1 aliphatic carbocycles. The number of nitrogen functional groups attached to an aromatic ring is 1. The lowest BCUT2D eigenvalue weighted by atomic mass is 9.88. The highest BCUT2D eigenvalue weighted by atomic mass is 32.2. The summed E-state index contributed by atoms with van der Waals surface area (Å²) in [4.78, 5) is 12.7. The fourth-order valence-corrected chi connectivity index (χ4v) is 5.08. The largest absolute Gasteiger partial charge is 0.396 e. The standard InChI is InChI=1S/C20H25N7O3S/c1-14-4-5-15(31(29,30)25-10-20(11-28)6-2-3-7-20)8-16(14)17-9-23-18(21)19(26-17)27-13-22-12-24-27/h4-5,8-9,12-13,25,28H,2-3,6-7,10-11H2,1H3,(H2,21,23). The van der Waals surface area contributed by atoms with Crippen molar-refractivity contribution < 1.29 is 13.5 Å². The minimum Gasteiger partial charge on any atom is -0.396 e. The molecule has 31 heavy (non-hydrogen) atoms. The molecule has 0 unspecified atom stereocenters. The maximum atomic E-state index is 13.0. The van der Waals surface area contributed by atoms with Gasteiger partial charge < -0.3 is 10.8 Å². The van der Waals surface area contributed by atoms with Gasteiger partial charge in [0.05, 0.1) is 16.8 Å². The van der Waals surface area contributed by atoms with Gasteiger partial charge in [-0.3, -0.25) is 0 Å². The van der Waals surface area contributed by atoms with Crippen molar-refractivity contribution in [3.8, 4) is 17.1 Å². The number of anilines is 1. The van der Waals surface area contributed by atoms with Crippen molar-refractivity contribution >= 4 is 15.8 Å². The third-order valence-electron chi connectivity index (χ3n) is 5.85. The van der Waals surface area contributed by atoms with Crippen LogP contribution in [0, 0.1) is 12.3 Å². The van der Waals surface area contributed by atoms with Gasteiger partial charge in [0.1, 0.15) is 12.7 Å². The summed E-state index contributed by atoms with van der Waals surface area (Å²) in [6, 6.07) is 4.86. The van der Waals surface area contributed by atoms with Crippen molar-refractivity contribution in [1.82, 2.24) is 29.5 Å². The summed E-state index contributed by atoms with van der Waals surface area (Å²) >= 11 is 0. The van der Waals surface area contributed by atoms with Crippen LogP contribution in [0.4, 0.5) is 5.82 Å². The monoisotopic (exact) mass is 443 g/mol. The number of benzene rings is 1. The minimum atomic E-state index is -3.77. The first-order chi connectivity index (χ1) is 14.8. The highest BCUT2D eigenvalue weighted by Crippen LogP contribution is 2.37. The van der Waals surface area contributed by atoms with Crippen LogP contribution >= 0.6 is 0 Å². The van der Waals surface area contributed by atoms with E-state index in [-0.39, 0.29) is 29.3 Å². The molecule has 2 aromatic heterocycles. The van der Waals surface area contributed by atoms with Gasteiger partial charge in [0.2, 0.25) is 10.0 Å². The zero-order valence-electron chi connectivity index (χ0n) is 17.2. The summed E-state index contributed by atoms with van der Waals surface area (Å²) < 4.78 is 30.0. The Balaban J connectivity index is 1.65. The van der Waals surface area contributed by atoms with Gasteiger partial charge in [0.25, 0.3) is 0 Å². The number of aryl methyl sites for hydroxylation is 1. The number of aliphatic hydroxyl groups is 1. The Kier molecular flexibility index (Phi) is 5.73. The summed E-state index contributed by atoms with van der Waals surface area (Å²) in [6.45, 7) is 2.06. The van der Waals surface area contributed by atoms with Crippen LogP contribution in [0.25, 0.3) is 17.1 Å². The number of nitrogens with one attached hydrogen (secondary N) is 1. The maximum Gasteiger partial charge on any atom is 0.240 e. The van der Waals surface area contributed by atoms with Crippen molar-refractivity contribution in [2.75, 3.05) is 18.9 Å². The lowest BCUT2D eigenvalue weighted by molar-refractivity contribution is 0.134. The first-order valence-corrected chi connectivity index (χ1v) is 11.5. The first kappa shape index (κ1) is 21.3. The molecular formula is C20H25N7O3S. The van der Waals surface area contributed by atoms with Gasteiger partial charge in [-0.25, -0.2) is 28.1 Å². The second-order valence-corrected chi connectivity index (χ2v) is 9.74. The number of nitrogens with zero attached hydrogens (tertiary/aromatic N) is 5. The SMILES string of the molecule is Cc1ccc(S(=O)(=O)NCC2(CO)CCCC2)cc1-c1cnc(N)c(-n2cncn2)n1. The van der Waals surface area contributed by atoms with Crippen molar-refractivity contribution in [3.05, 3.63) is 42.6 Å². The highest BCUT2D eigenvalue weighted by molar-refractivity contribution is 7.89. The number of nitrogens with two attached hydrogens (primary N) is 1. The van der Waals surface area contributed by atoms with Crippen molar-refractivity contribution in [2.45, 2.75) is 37.5 Å². The van der Waals surface area contributed by atoms with Gasteiger partial charge in [-0.2, -0.15) is 9.78 Å². The molecule has 4 N–H and O–H groups in total. The number of hydrogen-bond acceptors (Lipinski definition) is 8. The summed E-state index contributed by atoms with van der Waals surface area (Å²) in [5, 5.41) is 13.8. The molecule has 0 aliphatic heterocycles. The van der Waals surface area contributed by atoms with E-state index < -0.39 is 10.0 Å². The van der Waals surface area contributed by atoms with Crippen LogP contribution in [-0.4, -0.2) is 51.4 Å². The zero-order valence-corrected chi connectivity index (χ0v) is 18.0. The minimum absolute atomic E-state index is 0.0270. The molecule has 0 spiro atoms. The van der Waals surface area contributed by atoms with E-state index in [1.165, 1.54) is 23.5 Å². The molecule has 0 bridgehead atoms. The van der Waals surface area contributed by atoms with Gasteiger partial charge in [0, 0.05) is 24.1 Å². The number of aromatic nitrogens is 5. The predicted molar refractivity (Wildman–Crippen MR) is 115 cm³/mol. The van der Waals surface area contributed by atoms with E-state index in [1.807, 2.05) is 6.92 Å². The molecule has 2 heterocycles. The Labute approximate surface area is 180 Å². The zero-order chi connectivity index (χ0) is 22.1. The van der Waals surface area contributed by atoms with Gasteiger partial charge in [-0.15, -0.1) is 0 Å². The number of rotatable bonds is 7. The number of hydrogen-bond donors (Lipinski definition) is 3. The van der Waals surface area contributed by atoms with Gasteiger partial charge in [-0.1, -0.05) is 18.9 Å². The van der Waals surface area contributed by atoms with E-state index in [2.05, 4.69) is 24.8 Å². The van der Waals surface area contributed by atoms with E-state index in [0.29, 0.717) is 17.1 Å². The Morgan fingerprint density at radius 2 is 2.06 bits per heavy atom. The van der Waals surface area contributed by atoms with E-state index in [0.717, 1.165) is 31.2 Å². The molecule has 4 rings (SSSR count). The molecule has 1 fully saturated rings. The fraction of sp³-hybridized carbons (Fsp3) is 0.400. The van der Waals surface area contributed by atoms with E-state index >= 15 is 0 Å². The molecule has 1 aromatic carbocycles. The lowest BCUT2D eigenvalue weighted by Gasteiger charge is -2.26. The van der Waals surface area contributed by atoms with Crippen LogP contribution in [0.2, 0.25) is 0 Å². The second-order valence-electron chi connectivity index (χ2n) is 7.97. The topological polar surface area (TPSA) is 149 Å². The molecule has 164 valence electrons. The Morgan fingerprint density at radius 1 is 1.29 bits per heavy atom. The molecular weight excluding hydrogens is 418 g/mol. The normalized spacial score (nSPS) is 15.9. The van der Waals surface area contributed by atoms with E-state index in [4.69, 9.17) is 5.73 Å². The van der Waals surface area contributed by atoms with E-state index in [9.17, 15) is 13.5 Å². The third kappa shape index (κ3) is 4.29. The van der Waals surface area contributed by atoms with Crippen LogP contribution in [-0.2, 0) is 10.0 Å². The average molecular weight is 444 g/mol. The van der Waals surface area contributed by atoms with E-state index in [1.54, 1.807) is 18.2 Å². The lowest BCUT2D eigenvalue weighted by Crippen LogP contribution is -2.38. The summed E-state index contributed by atoms with van der Waals surface area (Å²) in [6.07, 6.45) is 7.96. The molecule has 0 radical (unpaired) electrons. The van der Waals surface area contributed by atoms with Crippen molar-refractivity contribution in [2.24, 2.45) is 5.41 Å². The molecule has 11 heteroatoms. The molecule has 1 aliphatic rings. The third-order valence-corrected chi connectivity index (χ3v) is 7.25. The van der Waals surface area contributed by atoms with Gasteiger partial charge in [0.15, 0.2) is 11.6 Å². The highest BCUT2D eigenvalue weighted by Gasteiger charge is 2.34. The van der Waals surface area contributed by atoms with Crippen LogP contribution < -0.4 is 10.5 Å². The van der Waals surface area contributed by atoms with Crippen molar-refractivity contribution in [1.29, 1.82) is 0 Å². The summed E-state index contributed by atoms with van der Waals surface area (Å²) in [5.74, 6) is 0.495. The Morgan fingerprint density at radius 3 is 2.74 bits per heavy atom. The molecule has 0 amide bonds. The molecule has 1 saturated carbocycles. The maximum absolute atomic E-state index is 13.0. The number of aliphatic hydroxyl groups excluding tert-OH is 1. The summed E-state index contributed by atoms with van der Waals surface area (Å²) in [7, 11) is -3.77. The van der Waals surface area contributed by atoms with Gasteiger partial charge in [-0.05, 0) is 37.5 Å². The predicted octanol–water partition coefficient (Wildman–Crippen LogP) is 1.45. The second kappa shape index (κ2) is 8.33. The number of sulfonamides is 1. The molecule has 10 nitrogen and oxygen atoms in total. The quantitative estimate of drug-likeness (QED) is 0.497. The van der Waals surface area contributed by atoms with Crippen LogP contribution in [0.15, 0.2) is 41.9 Å². The van der Waals surface area contributed by atoms with Crippen LogP contribution in [0.1, 0.15) is 31.2 Å². The first-order valence-electron chi connectivity index (χ1n) is 10.0. The van der Waals surface area contributed by atoms with Crippen LogP contribution in [0.3, 0.4) is 0 Å². The average Bonchev–Trinajstić information content (AvgIpc) is 3.46. The molecule has 0 saturated heterocycles. The van der Waals surface area contributed by atoms with Crippen molar-refractivity contribution in [3.63, 3.8) is 0 Å². The smallest absolute Gasteiger partial charge is 0.240 e. The summed E-state index contributed by atoms with van der Waals surface area (Å²) in [5.41, 5.74) is 7.48. The van der Waals surface area contributed by atoms with Gasteiger partial charge >= 0.3 is 0 Å². The van der Waals surface area contributed by atoms with Crippen LogP contribution in [0.5, 0.6) is 0 Å².